The van der Waals surface area contributed by atoms with Crippen LogP contribution in [0.2, 0.25) is 0 Å². The smallest absolute Gasteiger partial charge is 0.270 e. The Labute approximate surface area is 122 Å². The largest absolute Gasteiger partial charge is 0.336 e. The highest BCUT2D eigenvalue weighted by Gasteiger charge is 2.34. The van der Waals surface area contributed by atoms with Gasteiger partial charge >= 0.3 is 0 Å². The lowest BCUT2D eigenvalue weighted by atomic mass is 10.1. The van der Waals surface area contributed by atoms with Crippen molar-refractivity contribution < 1.29 is 14.1 Å². The average Bonchev–Trinajstić information content (AvgIpc) is 3.23. The van der Waals surface area contributed by atoms with Crippen LogP contribution < -0.4 is 0 Å². The van der Waals surface area contributed by atoms with Crippen LogP contribution in [0.15, 0.2) is 18.2 Å². The van der Waals surface area contributed by atoms with E-state index in [1.165, 1.54) is 0 Å². The Morgan fingerprint density at radius 1 is 1.48 bits per heavy atom. The van der Waals surface area contributed by atoms with Crippen LogP contribution in [0, 0.1) is 21.8 Å². The molecular formula is C15H19FN2O3. The minimum Gasteiger partial charge on any atom is -0.336 e. The van der Waals surface area contributed by atoms with E-state index < -0.39 is 16.6 Å². The number of carbonyl (C=O) groups is 1. The summed E-state index contributed by atoms with van der Waals surface area (Å²) in [5.74, 6) is -0.714. The molecule has 0 atom stereocenters. The molecule has 0 aromatic heterocycles. The number of non-ortho nitro benzene ring substituents is 1. The van der Waals surface area contributed by atoms with E-state index in [0.717, 1.165) is 37.5 Å². The molecule has 1 aliphatic carbocycles. The Morgan fingerprint density at radius 3 is 2.67 bits per heavy atom. The van der Waals surface area contributed by atoms with Crippen molar-refractivity contribution in [1.29, 1.82) is 0 Å². The SMILES string of the molecule is CC(C)CCN(C(=O)c1cc([N+](=O)[O-])ccc1F)C1CC1. The van der Waals surface area contributed by atoms with E-state index in [1.807, 2.05) is 0 Å². The zero-order valence-corrected chi connectivity index (χ0v) is 12.2. The summed E-state index contributed by atoms with van der Waals surface area (Å²) in [6.07, 6.45) is 2.67. The van der Waals surface area contributed by atoms with Crippen LogP contribution in [-0.4, -0.2) is 28.3 Å². The number of benzene rings is 1. The van der Waals surface area contributed by atoms with Crippen molar-refractivity contribution in [2.75, 3.05) is 6.54 Å². The fraction of sp³-hybridized carbons (Fsp3) is 0.533. The third-order valence-corrected chi connectivity index (χ3v) is 3.59. The van der Waals surface area contributed by atoms with Gasteiger partial charge < -0.3 is 4.90 Å². The summed E-state index contributed by atoms with van der Waals surface area (Å²) >= 11 is 0. The topological polar surface area (TPSA) is 63.5 Å². The first kappa shape index (κ1) is 15.4. The zero-order valence-electron chi connectivity index (χ0n) is 12.2. The van der Waals surface area contributed by atoms with Crippen molar-refractivity contribution in [3.8, 4) is 0 Å². The summed E-state index contributed by atoms with van der Waals surface area (Å²) in [7, 11) is 0. The molecule has 0 unspecified atom stereocenters. The minimum absolute atomic E-state index is 0.148. The van der Waals surface area contributed by atoms with E-state index in [1.54, 1.807) is 4.90 Å². The maximum Gasteiger partial charge on any atom is 0.270 e. The molecule has 0 aliphatic heterocycles. The Balaban J connectivity index is 2.23. The van der Waals surface area contributed by atoms with E-state index in [2.05, 4.69) is 13.8 Å². The summed E-state index contributed by atoms with van der Waals surface area (Å²) in [5, 5.41) is 10.8. The highest BCUT2D eigenvalue weighted by Crippen LogP contribution is 2.30. The summed E-state index contributed by atoms with van der Waals surface area (Å²) in [4.78, 5) is 24.3. The molecule has 0 spiro atoms. The molecule has 2 rings (SSSR count). The maximum atomic E-state index is 13.9. The van der Waals surface area contributed by atoms with Gasteiger partial charge in [-0.1, -0.05) is 13.8 Å². The van der Waals surface area contributed by atoms with Crippen molar-refractivity contribution in [3.05, 3.63) is 39.7 Å². The van der Waals surface area contributed by atoms with Gasteiger partial charge in [0.25, 0.3) is 11.6 Å². The van der Waals surface area contributed by atoms with Gasteiger partial charge in [0.2, 0.25) is 0 Å². The van der Waals surface area contributed by atoms with Gasteiger partial charge in [-0.15, -0.1) is 0 Å². The quantitative estimate of drug-likeness (QED) is 0.596. The molecule has 6 heteroatoms. The number of nitrogens with zero attached hydrogens (tertiary/aromatic N) is 2. The Hall–Kier alpha value is -1.98. The van der Waals surface area contributed by atoms with E-state index in [4.69, 9.17) is 0 Å². The van der Waals surface area contributed by atoms with Crippen LogP contribution in [0.3, 0.4) is 0 Å². The lowest BCUT2D eigenvalue weighted by Crippen LogP contribution is -2.35. The first-order valence-electron chi connectivity index (χ1n) is 7.15. The van der Waals surface area contributed by atoms with E-state index in [0.29, 0.717) is 12.5 Å². The molecule has 0 saturated heterocycles. The molecule has 0 radical (unpaired) electrons. The maximum absolute atomic E-state index is 13.9. The third kappa shape index (κ3) is 3.77. The molecule has 5 nitrogen and oxygen atoms in total. The second-order valence-electron chi connectivity index (χ2n) is 5.83. The van der Waals surface area contributed by atoms with Crippen molar-refractivity contribution in [2.24, 2.45) is 5.92 Å². The van der Waals surface area contributed by atoms with Crippen molar-refractivity contribution in [2.45, 2.75) is 39.2 Å². The summed E-state index contributed by atoms with van der Waals surface area (Å²) in [6, 6.07) is 3.23. The predicted octanol–water partition coefficient (Wildman–Crippen LogP) is 3.38. The molecule has 1 amide bonds. The molecule has 21 heavy (non-hydrogen) atoms. The first-order valence-corrected chi connectivity index (χ1v) is 7.15. The van der Waals surface area contributed by atoms with Gasteiger partial charge in [0.05, 0.1) is 10.5 Å². The van der Waals surface area contributed by atoms with Crippen LogP contribution in [0.1, 0.15) is 43.5 Å². The van der Waals surface area contributed by atoms with Crippen LogP contribution in [0.5, 0.6) is 0 Å². The Kier molecular flexibility index (Phi) is 4.55. The Morgan fingerprint density at radius 2 is 2.14 bits per heavy atom. The number of hydrogen-bond donors (Lipinski definition) is 0. The molecule has 0 heterocycles. The molecule has 1 aliphatic rings. The summed E-state index contributed by atoms with van der Waals surface area (Å²) < 4.78 is 13.9. The van der Waals surface area contributed by atoms with Gasteiger partial charge in [-0.25, -0.2) is 4.39 Å². The number of rotatable bonds is 6. The monoisotopic (exact) mass is 294 g/mol. The van der Waals surface area contributed by atoms with Crippen LogP contribution >= 0.6 is 0 Å². The van der Waals surface area contributed by atoms with Crippen LogP contribution in [-0.2, 0) is 0 Å². The van der Waals surface area contributed by atoms with Crippen LogP contribution in [0.4, 0.5) is 10.1 Å². The predicted molar refractivity (Wildman–Crippen MR) is 76.6 cm³/mol. The molecular weight excluding hydrogens is 275 g/mol. The fourth-order valence-corrected chi connectivity index (χ4v) is 2.18. The van der Waals surface area contributed by atoms with Crippen molar-refractivity contribution in [3.63, 3.8) is 0 Å². The normalized spacial score (nSPS) is 14.3. The molecule has 1 fully saturated rings. The van der Waals surface area contributed by atoms with Gasteiger partial charge in [0.1, 0.15) is 5.82 Å². The molecule has 0 bridgehead atoms. The molecule has 1 aromatic carbocycles. The van der Waals surface area contributed by atoms with Crippen molar-refractivity contribution in [1.82, 2.24) is 4.90 Å². The second kappa shape index (κ2) is 6.20. The highest BCUT2D eigenvalue weighted by molar-refractivity contribution is 5.95. The van der Waals surface area contributed by atoms with E-state index in [9.17, 15) is 19.3 Å². The average molecular weight is 294 g/mol. The fourth-order valence-electron chi connectivity index (χ4n) is 2.18. The van der Waals surface area contributed by atoms with Gasteiger partial charge in [-0.2, -0.15) is 0 Å². The zero-order chi connectivity index (χ0) is 15.6. The number of nitro groups is 1. The van der Waals surface area contributed by atoms with Crippen LogP contribution in [0.25, 0.3) is 0 Å². The number of nitro benzene ring substituents is 1. The van der Waals surface area contributed by atoms with E-state index in [-0.39, 0.29) is 17.3 Å². The molecule has 1 aromatic rings. The summed E-state index contributed by atoms with van der Waals surface area (Å²) in [5.41, 5.74) is -0.473. The van der Waals surface area contributed by atoms with E-state index >= 15 is 0 Å². The standard InChI is InChI=1S/C15H19FN2O3/c1-10(2)7-8-17(11-3-4-11)15(19)13-9-12(18(20)21)5-6-14(13)16/h5-6,9-11H,3-4,7-8H2,1-2H3. The number of halogens is 1. The van der Waals surface area contributed by atoms with Gasteiger partial charge in [0.15, 0.2) is 0 Å². The lowest BCUT2D eigenvalue weighted by Gasteiger charge is -2.23. The second-order valence-corrected chi connectivity index (χ2v) is 5.83. The molecule has 114 valence electrons. The van der Waals surface area contributed by atoms with Gasteiger partial charge in [-0.05, 0) is 31.2 Å². The lowest BCUT2D eigenvalue weighted by molar-refractivity contribution is -0.384. The van der Waals surface area contributed by atoms with Crippen molar-refractivity contribution >= 4 is 11.6 Å². The molecule has 0 N–H and O–H groups in total. The third-order valence-electron chi connectivity index (χ3n) is 3.59. The van der Waals surface area contributed by atoms with Gasteiger partial charge in [-0.3, -0.25) is 14.9 Å². The summed E-state index contributed by atoms with van der Waals surface area (Å²) in [6.45, 7) is 4.68. The molecule has 1 saturated carbocycles. The highest BCUT2D eigenvalue weighted by atomic mass is 19.1. The number of hydrogen-bond acceptors (Lipinski definition) is 3. The minimum atomic E-state index is -0.708. The number of carbonyl (C=O) groups excluding carboxylic acids is 1. The number of amides is 1. The van der Waals surface area contributed by atoms with Gasteiger partial charge in [0, 0.05) is 24.7 Å². The first-order chi connectivity index (χ1) is 9.90. The Bertz CT molecular complexity index is 556.